The Morgan fingerprint density at radius 1 is 1.40 bits per heavy atom. The van der Waals surface area contributed by atoms with Gasteiger partial charge in [0.25, 0.3) is 0 Å². The van der Waals surface area contributed by atoms with Gasteiger partial charge in [-0.05, 0) is 46.2 Å². The van der Waals surface area contributed by atoms with Crippen LogP contribution in [0.15, 0.2) is 0 Å². The van der Waals surface area contributed by atoms with Crippen LogP contribution >= 0.6 is 0 Å². The molecule has 1 saturated heterocycles. The first-order valence-electron chi connectivity index (χ1n) is 6.19. The van der Waals surface area contributed by atoms with Gasteiger partial charge in [-0.25, -0.2) is 0 Å². The standard InChI is InChI=1S/C12H24N2O/c1-10(15-7-6-13(2)3)14-9-11-4-5-12(14)8-11/h10-12H,4-9H2,1-3H3. The lowest BCUT2D eigenvalue weighted by Crippen LogP contribution is -2.41. The molecule has 3 unspecified atom stereocenters. The minimum absolute atomic E-state index is 0.320. The molecule has 1 aliphatic carbocycles. The Labute approximate surface area is 93.4 Å². The van der Waals surface area contributed by atoms with E-state index in [0.717, 1.165) is 25.1 Å². The van der Waals surface area contributed by atoms with Crippen molar-refractivity contribution in [2.24, 2.45) is 5.92 Å². The third-order valence-electron chi connectivity index (χ3n) is 3.82. The van der Waals surface area contributed by atoms with Crippen LogP contribution in [0, 0.1) is 5.92 Å². The summed E-state index contributed by atoms with van der Waals surface area (Å²) in [4.78, 5) is 4.73. The van der Waals surface area contributed by atoms with Gasteiger partial charge in [0.15, 0.2) is 0 Å². The van der Waals surface area contributed by atoms with Crippen LogP contribution in [-0.2, 0) is 4.74 Å². The predicted molar refractivity (Wildman–Crippen MR) is 61.8 cm³/mol. The average molecular weight is 212 g/mol. The smallest absolute Gasteiger partial charge is 0.108 e. The average Bonchev–Trinajstić information content (AvgIpc) is 2.77. The summed E-state index contributed by atoms with van der Waals surface area (Å²) < 4.78 is 5.87. The number of rotatable bonds is 5. The van der Waals surface area contributed by atoms with E-state index in [1.54, 1.807) is 0 Å². The SMILES string of the molecule is CC(OCCN(C)C)N1CC2CCC1C2. The van der Waals surface area contributed by atoms with E-state index in [4.69, 9.17) is 4.74 Å². The maximum atomic E-state index is 5.87. The van der Waals surface area contributed by atoms with Crippen LogP contribution < -0.4 is 0 Å². The number of hydrogen-bond donors (Lipinski definition) is 0. The lowest BCUT2D eigenvalue weighted by atomic mass is 10.1. The number of piperidine rings is 1. The first kappa shape index (κ1) is 11.4. The first-order chi connectivity index (χ1) is 7.16. The summed E-state index contributed by atoms with van der Waals surface area (Å²) in [6.45, 7) is 5.35. The van der Waals surface area contributed by atoms with E-state index in [-0.39, 0.29) is 0 Å². The van der Waals surface area contributed by atoms with E-state index in [2.05, 4.69) is 30.8 Å². The number of likely N-dealkylation sites (N-methyl/N-ethyl adjacent to an activating group) is 1. The van der Waals surface area contributed by atoms with E-state index >= 15 is 0 Å². The summed E-state index contributed by atoms with van der Waals surface area (Å²) in [5, 5.41) is 0. The van der Waals surface area contributed by atoms with Crippen molar-refractivity contribution in [1.29, 1.82) is 0 Å². The Morgan fingerprint density at radius 2 is 2.20 bits per heavy atom. The molecule has 3 atom stereocenters. The first-order valence-corrected chi connectivity index (χ1v) is 6.19. The monoisotopic (exact) mass is 212 g/mol. The van der Waals surface area contributed by atoms with Crippen molar-refractivity contribution in [3.8, 4) is 0 Å². The quantitative estimate of drug-likeness (QED) is 0.685. The molecular formula is C12H24N2O. The van der Waals surface area contributed by atoms with Crippen molar-refractivity contribution >= 4 is 0 Å². The van der Waals surface area contributed by atoms with E-state index in [9.17, 15) is 0 Å². The van der Waals surface area contributed by atoms with Gasteiger partial charge in [-0.15, -0.1) is 0 Å². The van der Waals surface area contributed by atoms with Gasteiger partial charge >= 0.3 is 0 Å². The summed E-state index contributed by atoms with van der Waals surface area (Å²) in [6.07, 6.45) is 4.58. The van der Waals surface area contributed by atoms with Crippen LogP contribution in [0.1, 0.15) is 26.2 Å². The lowest BCUT2D eigenvalue weighted by molar-refractivity contribution is -0.0637. The minimum atomic E-state index is 0.320. The highest BCUT2D eigenvalue weighted by atomic mass is 16.5. The Balaban J connectivity index is 1.70. The molecule has 15 heavy (non-hydrogen) atoms. The van der Waals surface area contributed by atoms with E-state index in [1.807, 2.05) is 0 Å². The van der Waals surface area contributed by atoms with Gasteiger partial charge in [0.05, 0.1) is 6.61 Å². The minimum Gasteiger partial charge on any atom is -0.362 e. The highest BCUT2D eigenvalue weighted by Gasteiger charge is 2.39. The van der Waals surface area contributed by atoms with Crippen LogP contribution in [0.5, 0.6) is 0 Å². The molecule has 2 fully saturated rings. The number of nitrogens with zero attached hydrogens (tertiary/aromatic N) is 2. The zero-order valence-electron chi connectivity index (χ0n) is 10.3. The number of hydrogen-bond acceptors (Lipinski definition) is 3. The predicted octanol–water partition coefficient (Wildman–Crippen LogP) is 1.39. The molecule has 0 amide bonds. The normalized spacial score (nSPS) is 32.8. The Bertz CT molecular complexity index is 208. The molecule has 0 aromatic heterocycles. The fraction of sp³-hybridized carbons (Fsp3) is 1.00. The molecule has 88 valence electrons. The van der Waals surface area contributed by atoms with Gasteiger partial charge in [-0.2, -0.15) is 0 Å². The summed E-state index contributed by atoms with van der Waals surface area (Å²) in [6, 6.07) is 0.823. The summed E-state index contributed by atoms with van der Waals surface area (Å²) >= 11 is 0. The molecule has 0 N–H and O–H groups in total. The molecule has 3 nitrogen and oxygen atoms in total. The van der Waals surface area contributed by atoms with Crippen LogP contribution in [0.4, 0.5) is 0 Å². The maximum Gasteiger partial charge on any atom is 0.108 e. The molecule has 1 heterocycles. The molecule has 3 heteroatoms. The van der Waals surface area contributed by atoms with Gasteiger partial charge in [0, 0.05) is 19.1 Å². The van der Waals surface area contributed by atoms with E-state index < -0.39 is 0 Å². The second kappa shape index (κ2) is 4.81. The van der Waals surface area contributed by atoms with Gasteiger partial charge in [0.2, 0.25) is 0 Å². The molecule has 0 aromatic carbocycles. The van der Waals surface area contributed by atoms with Crippen LogP contribution in [0.2, 0.25) is 0 Å². The Hall–Kier alpha value is -0.120. The van der Waals surface area contributed by atoms with Crippen molar-refractivity contribution in [3.63, 3.8) is 0 Å². The summed E-state index contributed by atoms with van der Waals surface area (Å²) in [7, 11) is 4.18. The van der Waals surface area contributed by atoms with Crippen LogP contribution in [0.25, 0.3) is 0 Å². The van der Waals surface area contributed by atoms with Crippen LogP contribution in [-0.4, -0.2) is 55.9 Å². The molecule has 2 bridgehead atoms. The third kappa shape index (κ3) is 2.71. The highest BCUT2D eigenvalue weighted by molar-refractivity contribution is 4.92. The maximum absolute atomic E-state index is 5.87. The number of ether oxygens (including phenoxy) is 1. The van der Waals surface area contributed by atoms with Crippen molar-refractivity contribution < 1.29 is 4.74 Å². The van der Waals surface area contributed by atoms with Gasteiger partial charge in [0.1, 0.15) is 6.23 Å². The second-order valence-corrected chi connectivity index (χ2v) is 5.30. The van der Waals surface area contributed by atoms with Crippen LogP contribution in [0.3, 0.4) is 0 Å². The van der Waals surface area contributed by atoms with Gasteiger partial charge in [-0.3, -0.25) is 4.90 Å². The Morgan fingerprint density at radius 3 is 2.73 bits per heavy atom. The van der Waals surface area contributed by atoms with Crippen molar-refractivity contribution in [2.45, 2.75) is 38.5 Å². The van der Waals surface area contributed by atoms with Crippen molar-refractivity contribution in [2.75, 3.05) is 33.8 Å². The van der Waals surface area contributed by atoms with Gasteiger partial charge in [-0.1, -0.05) is 0 Å². The topological polar surface area (TPSA) is 15.7 Å². The fourth-order valence-corrected chi connectivity index (χ4v) is 2.91. The highest BCUT2D eigenvalue weighted by Crippen LogP contribution is 2.38. The zero-order valence-corrected chi connectivity index (χ0v) is 10.3. The van der Waals surface area contributed by atoms with Gasteiger partial charge < -0.3 is 9.64 Å². The summed E-state index contributed by atoms with van der Waals surface area (Å²) in [5.74, 6) is 0.967. The molecule has 0 radical (unpaired) electrons. The number of likely N-dealkylation sites (tertiary alicyclic amines) is 1. The largest absolute Gasteiger partial charge is 0.362 e. The Kier molecular flexibility index (Phi) is 3.65. The third-order valence-corrected chi connectivity index (χ3v) is 3.82. The fourth-order valence-electron chi connectivity index (χ4n) is 2.91. The molecule has 2 aliphatic rings. The molecule has 0 aromatic rings. The number of fused-ring (bicyclic) bond motifs is 2. The van der Waals surface area contributed by atoms with Crippen molar-refractivity contribution in [3.05, 3.63) is 0 Å². The van der Waals surface area contributed by atoms with E-state index in [0.29, 0.717) is 6.23 Å². The van der Waals surface area contributed by atoms with E-state index in [1.165, 1.54) is 25.8 Å². The zero-order chi connectivity index (χ0) is 10.8. The molecule has 1 aliphatic heterocycles. The molecule has 1 saturated carbocycles. The second-order valence-electron chi connectivity index (χ2n) is 5.30. The molecule has 0 spiro atoms. The summed E-state index contributed by atoms with van der Waals surface area (Å²) in [5.41, 5.74) is 0. The lowest BCUT2D eigenvalue weighted by Gasteiger charge is -2.32. The van der Waals surface area contributed by atoms with Crippen molar-refractivity contribution in [1.82, 2.24) is 9.80 Å². The molecular weight excluding hydrogens is 188 g/mol. The molecule has 2 rings (SSSR count).